The minimum atomic E-state index is -0.105. The van der Waals surface area contributed by atoms with Gasteiger partial charge in [0.1, 0.15) is 5.82 Å². The molecule has 2 N–H and O–H groups in total. The van der Waals surface area contributed by atoms with Crippen molar-refractivity contribution in [2.75, 3.05) is 5.73 Å². The number of hydrogen-bond donors (Lipinski definition) is 1. The molecule has 13 heavy (non-hydrogen) atoms. The standard InChI is InChI=1S/C11H14FN/c1-11(2)6-5-7-9(13)4-3-8(12)10(7)11/h3-4H,5-6,13H2,1-2H3. The predicted molar refractivity (Wildman–Crippen MR) is 52.2 cm³/mol. The molecule has 2 heteroatoms. The van der Waals surface area contributed by atoms with Crippen LogP contribution in [0, 0.1) is 5.82 Å². The fourth-order valence-electron chi connectivity index (χ4n) is 2.20. The van der Waals surface area contributed by atoms with E-state index in [1.165, 1.54) is 6.07 Å². The number of fused-ring (bicyclic) bond motifs is 1. The zero-order valence-electron chi connectivity index (χ0n) is 8.02. The Morgan fingerprint density at radius 3 is 2.69 bits per heavy atom. The number of halogens is 1. The van der Waals surface area contributed by atoms with Crippen molar-refractivity contribution in [3.8, 4) is 0 Å². The maximum Gasteiger partial charge on any atom is 0.127 e. The summed E-state index contributed by atoms with van der Waals surface area (Å²) in [6.45, 7) is 4.14. The Bertz CT molecular complexity index is 355. The van der Waals surface area contributed by atoms with Gasteiger partial charge in [0.15, 0.2) is 0 Å². The van der Waals surface area contributed by atoms with Crippen molar-refractivity contribution in [3.05, 3.63) is 29.1 Å². The van der Waals surface area contributed by atoms with Gasteiger partial charge in [-0.25, -0.2) is 4.39 Å². The molecular weight excluding hydrogens is 165 g/mol. The molecule has 0 aromatic heterocycles. The molecule has 70 valence electrons. The molecule has 1 aromatic rings. The zero-order valence-corrected chi connectivity index (χ0v) is 8.02. The monoisotopic (exact) mass is 179 g/mol. The lowest BCUT2D eigenvalue weighted by atomic mass is 9.86. The first-order valence-corrected chi connectivity index (χ1v) is 4.60. The molecule has 1 aliphatic rings. The molecule has 0 amide bonds. The normalized spacial score (nSPS) is 18.7. The van der Waals surface area contributed by atoms with Gasteiger partial charge in [-0.3, -0.25) is 0 Å². The van der Waals surface area contributed by atoms with E-state index in [1.807, 2.05) is 0 Å². The summed E-state index contributed by atoms with van der Waals surface area (Å²) in [4.78, 5) is 0. The molecule has 0 saturated carbocycles. The van der Waals surface area contributed by atoms with Crippen LogP contribution in [0.4, 0.5) is 10.1 Å². The maximum atomic E-state index is 13.5. The number of anilines is 1. The highest BCUT2D eigenvalue weighted by Gasteiger charge is 2.33. The first kappa shape index (κ1) is 8.54. The largest absolute Gasteiger partial charge is 0.398 e. The van der Waals surface area contributed by atoms with E-state index in [-0.39, 0.29) is 11.2 Å². The zero-order chi connectivity index (χ0) is 9.64. The van der Waals surface area contributed by atoms with Crippen LogP contribution in [0.5, 0.6) is 0 Å². The minimum Gasteiger partial charge on any atom is -0.398 e. The summed E-state index contributed by atoms with van der Waals surface area (Å²) in [7, 11) is 0. The van der Waals surface area contributed by atoms with Crippen LogP contribution in [-0.4, -0.2) is 0 Å². The van der Waals surface area contributed by atoms with Gasteiger partial charge in [0, 0.05) is 5.69 Å². The van der Waals surface area contributed by atoms with Gasteiger partial charge >= 0.3 is 0 Å². The Balaban J connectivity index is 2.70. The topological polar surface area (TPSA) is 26.0 Å². The molecule has 0 radical (unpaired) electrons. The van der Waals surface area contributed by atoms with E-state index < -0.39 is 0 Å². The minimum absolute atomic E-state index is 0.0468. The van der Waals surface area contributed by atoms with Gasteiger partial charge in [-0.2, -0.15) is 0 Å². The first-order chi connectivity index (χ1) is 6.02. The van der Waals surface area contributed by atoms with Gasteiger partial charge in [-0.1, -0.05) is 13.8 Å². The third kappa shape index (κ3) is 1.12. The van der Waals surface area contributed by atoms with Gasteiger partial charge in [-0.15, -0.1) is 0 Å². The van der Waals surface area contributed by atoms with Crippen LogP contribution in [0.15, 0.2) is 12.1 Å². The number of benzene rings is 1. The molecule has 0 atom stereocenters. The van der Waals surface area contributed by atoms with Crippen molar-refractivity contribution in [1.29, 1.82) is 0 Å². The Labute approximate surface area is 77.8 Å². The van der Waals surface area contributed by atoms with Crippen LogP contribution in [0.3, 0.4) is 0 Å². The van der Waals surface area contributed by atoms with Crippen molar-refractivity contribution in [1.82, 2.24) is 0 Å². The van der Waals surface area contributed by atoms with Crippen LogP contribution >= 0.6 is 0 Å². The molecular formula is C11H14FN. The second kappa shape index (κ2) is 2.47. The lowest BCUT2D eigenvalue weighted by Crippen LogP contribution is -2.14. The van der Waals surface area contributed by atoms with Crippen molar-refractivity contribution in [2.24, 2.45) is 0 Å². The van der Waals surface area contributed by atoms with E-state index >= 15 is 0 Å². The van der Waals surface area contributed by atoms with Gasteiger partial charge in [0.05, 0.1) is 0 Å². The lowest BCUT2D eigenvalue weighted by Gasteiger charge is -2.19. The summed E-state index contributed by atoms with van der Waals surface area (Å²) in [6, 6.07) is 3.14. The molecule has 1 aliphatic carbocycles. The number of nitrogen functional groups attached to an aromatic ring is 1. The summed E-state index contributed by atoms with van der Waals surface area (Å²) < 4.78 is 13.5. The highest BCUT2D eigenvalue weighted by molar-refractivity contribution is 5.56. The Kier molecular flexibility index (Phi) is 1.62. The average Bonchev–Trinajstić information content (AvgIpc) is 2.36. The van der Waals surface area contributed by atoms with Gasteiger partial charge in [0.25, 0.3) is 0 Å². The van der Waals surface area contributed by atoms with E-state index in [9.17, 15) is 4.39 Å². The highest BCUT2D eigenvalue weighted by Crippen LogP contribution is 2.42. The molecule has 0 fully saturated rings. The average molecular weight is 179 g/mol. The fourth-order valence-corrected chi connectivity index (χ4v) is 2.20. The molecule has 2 rings (SSSR count). The summed E-state index contributed by atoms with van der Waals surface area (Å²) in [5.74, 6) is -0.105. The highest BCUT2D eigenvalue weighted by atomic mass is 19.1. The van der Waals surface area contributed by atoms with Crippen molar-refractivity contribution < 1.29 is 4.39 Å². The van der Waals surface area contributed by atoms with Crippen LogP contribution in [0.1, 0.15) is 31.4 Å². The summed E-state index contributed by atoms with van der Waals surface area (Å²) in [6.07, 6.45) is 1.90. The molecule has 0 unspecified atom stereocenters. The molecule has 0 saturated heterocycles. The smallest absolute Gasteiger partial charge is 0.127 e. The molecule has 0 bridgehead atoms. The van der Waals surface area contributed by atoms with Crippen molar-refractivity contribution >= 4 is 5.69 Å². The van der Waals surface area contributed by atoms with Gasteiger partial charge in [0.2, 0.25) is 0 Å². The van der Waals surface area contributed by atoms with Gasteiger partial charge in [-0.05, 0) is 41.5 Å². The molecule has 0 aliphatic heterocycles. The van der Waals surface area contributed by atoms with Crippen LogP contribution < -0.4 is 5.73 Å². The number of rotatable bonds is 0. The fraction of sp³-hybridized carbons (Fsp3) is 0.455. The van der Waals surface area contributed by atoms with E-state index in [0.29, 0.717) is 0 Å². The SMILES string of the molecule is CC1(C)CCc2c(N)ccc(F)c21. The number of hydrogen-bond acceptors (Lipinski definition) is 1. The second-order valence-corrected chi connectivity index (χ2v) is 4.37. The Morgan fingerprint density at radius 1 is 1.38 bits per heavy atom. The summed E-state index contributed by atoms with van der Waals surface area (Å²) in [5.41, 5.74) is 8.33. The van der Waals surface area contributed by atoms with E-state index in [0.717, 1.165) is 29.7 Å². The Hall–Kier alpha value is -1.05. The van der Waals surface area contributed by atoms with Crippen LogP contribution in [0.25, 0.3) is 0 Å². The molecule has 0 spiro atoms. The number of nitrogens with two attached hydrogens (primary N) is 1. The summed E-state index contributed by atoms with van der Waals surface area (Å²) in [5, 5.41) is 0. The maximum absolute atomic E-state index is 13.5. The predicted octanol–water partition coefficient (Wildman–Crippen LogP) is 2.63. The van der Waals surface area contributed by atoms with E-state index in [2.05, 4.69) is 13.8 Å². The molecule has 0 heterocycles. The third-order valence-corrected chi connectivity index (χ3v) is 2.98. The third-order valence-electron chi connectivity index (χ3n) is 2.98. The summed E-state index contributed by atoms with van der Waals surface area (Å²) >= 11 is 0. The Morgan fingerprint density at radius 2 is 2.08 bits per heavy atom. The molecule has 1 nitrogen and oxygen atoms in total. The van der Waals surface area contributed by atoms with E-state index in [4.69, 9.17) is 5.73 Å². The van der Waals surface area contributed by atoms with Crippen molar-refractivity contribution in [3.63, 3.8) is 0 Å². The van der Waals surface area contributed by atoms with E-state index in [1.54, 1.807) is 6.07 Å². The van der Waals surface area contributed by atoms with Crippen LogP contribution in [0.2, 0.25) is 0 Å². The van der Waals surface area contributed by atoms with Crippen molar-refractivity contribution in [2.45, 2.75) is 32.1 Å². The van der Waals surface area contributed by atoms with Crippen LogP contribution in [-0.2, 0) is 11.8 Å². The quantitative estimate of drug-likeness (QED) is 0.609. The van der Waals surface area contributed by atoms with Gasteiger partial charge < -0.3 is 5.73 Å². The first-order valence-electron chi connectivity index (χ1n) is 4.60. The second-order valence-electron chi connectivity index (χ2n) is 4.37. The lowest BCUT2D eigenvalue weighted by molar-refractivity contribution is 0.488. The molecule has 1 aromatic carbocycles.